The van der Waals surface area contributed by atoms with Crippen LogP contribution in [-0.2, 0) is 4.74 Å². The van der Waals surface area contributed by atoms with Crippen LogP contribution in [0.2, 0.25) is 0 Å². The third-order valence-electron chi connectivity index (χ3n) is 7.26. The molecule has 1 nitrogen and oxygen atoms in total. The molecule has 0 saturated heterocycles. The average Bonchev–Trinajstić information content (AvgIpc) is 3.05. The fraction of sp³-hybridized carbons (Fsp3) is 0.600. The van der Waals surface area contributed by atoms with E-state index < -0.39 is 102 Å². The smallest absolute Gasteiger partial charge is 0.312 e. The summed E-state index contributed by atoms with van der Waals surface area (Å²) in [5.74, 6) is -13.3. The number of hydrogen-bond donors (Lipinski definition) is 0. The van der Waals surface area contributed by atoms with Gasteiger partial charge in [-0.2, -0.15) is 8.78 Å². The first-order chi connectivity index (χ1) is 16.8. The van der Waals surface area contributed by atoms with Crippen LogP contribution in [0.3, 0.4) is 0 Å². The molecule has 0 fully saturated rings. The maximum atomic E-state index is 15.1. The molecule has 0 aromatic rings. The fourth-order valence-corrected chi connectivity index (χ4v) is 5.38. The maximum Gasteiger partial charge on any atom is 0.368 e. The lowest BCUT2D eigenvalue weighted by molar-refractivity contribution is -0.291. The van der Waals surface area contributed by atoms with Crippen molar-refractivity contribution in [3.63, 3.8) is 0 Å². The van der Waals surface area contributed by atoms with E-state index in [1.165, 1.54) is 6.08 Å². The molecule has 0 N–H and O–H groups in total. The molecule has 0 spiro atoms. The van der Waals surface area contributed by atoms with Gasteiger partial charge >= 0.3 is 6.11 Å². The zero-order valence-corrected chi connectivity index (χ0v) is 19.0. The van der Waals surface area contributed by atoms with Crippen LogP contribution in [0.5, 0.6) is 0 Å². The first kappa shape index (κ1) is 27.0. The number of rotatable bonds is 5. The summed E-state index contributed by atoms with van der Waals surface area (Å²) in [6, 6.07) is 0. The van der Waals surface area contributed by atoms with Crippen molar-refractivity contribution in [3.8, 4) is 0 Å². The van der Waals surface area contributed by atoms with Crippen LogP contribution in [0.4, 0.5) is 43.9 Å². The molecule has 9 unspecified atom stereocenters. The van der Waals surface area contributed by atoms with Gasteiger partial charge in [-0.15, -0.1) is 0 Å². The third kappa shape index (κ3) is 5.04. The molecule has 4 aliphatic carbocycles. The lowest BCUT2D eigenvalue weighted by atomic mass is 9.75. The zero-order valence-electron chi connectivity index (χ0n) is 19.0. The van der Waals surface area contributed by atoms with Gasteiger partial charge in [-0.05, 0) is 49.0 Å². The molecule has 0 saturated carbocycles. The van der Waals surface area contributed by atoms with E-state index in [1.54, 1.807) is 6.92 Å². The van der Waals surface area contributed by atoms with E-state index in [9.17, 15) is 39.5 Å². The predicted molar refractivity (Wildman–Crippen MR) is 111 cm³/mol. The molecule has 4 aliphatic rings. The van der Waals surface area contributed by atoms with Crippen LogP contribution in [0, 0.1) is 29.6 Å². The molecule has 0 aromatic carbocycles. The van der Waals surface area contributed by atoms with Crippen molar-refractivity contribution in [2.45, 2.75) is 63.3 Å². The molecule has 0 aromatic heterocycles. The van der Waals surface area contributed by atoms with Crippen LogP contribution < -0.4 is 0 Å². The van der Waals surface area contributed by atoms with Crippen LogP contribution in [-0.4, -0.2) is 30.7 Å². The largest absolute Gasteiger partial charge is 0.368 e. The molecule has 0 heterocycles. The van der Waals surface area contributed by atoms with E-state index in [1.807, 2.05) is 0 Å². The van der Waals surface area contributed by atoms with Gasteiger partial charge in [-0.1, -0.05) is 6.92 Å². The van der Waals surface area contributed by atoms with Crippen LogP contribution >= 0.6 is 0 Å². The highest BCUT2D eigenvalue weighted by Gasteiger charge is 2.57. The molecule has 0 aliphatic heterocycles. The monoisotopic (exact) mass is 530 g/mol. The summed E-state index contributed by atoms with van der Waals surface area (Å²) >= 11 is 0. The van der Waals surface area contributed by atoms with E-state index >= 15 is 4.39 Å². The summed E-state index contributed by atoms with van der Waals surface area (Å²) in [5.41, 5.74) is -0.950. The normalized spacial score (nSPS) is 40.0. The number of allylic oxidation sites excluding steroid dienone is 8. The Bertz CT molecular complexity index is 1030. The van der Waals surface area contributed by atoms with Crippen molar-refractivity contribution < 1.29 is 48.6 Å². The first-order valence-corrected chi connectivity index (χ1v) is 11.7. The van der Waals surface area contributed by atoms with Gasteiger partial charge in [0.25, 0.3) is 0 Å². The molecule has 200 valence electrons. The highest BCUT2D eigenvalue weighted by molar-refractivity contribution is 5.41. The summed E-state index contributed by atoms with van der Waals surface area (Å²) in [5, 5.41) is 0. The summed E-state index contributed by atoms with van der Waals surface area (Å²) in [4.78, 5) is 0. The second-order valence-corrected chi connectivity index (χ2v) is 9.84. The van der Waals surface area contributed by atoms with Crippen molar-refractivity contribution in [3.05, 3.63) is 59.0 Å². The van der Waals surface area contributed by atoms with Crippen molar-refractivity contribution in [1.29, 1.82) is 0 Å². The molecule has 0 amide bonds. The lowest BCUT2D eigenvalue weighted by Gasteiger charge is -2.33. The Morgan fingerprint density at radius 3 is 2.17 bits per heavy atom. The van der Waals surface area contributed by atoms with Crippen molar-refractivity contribution in [2.75, 3.05) is 0 Å². The SMILES string of the molecule is CC1C=C(F)C(C2C=C(F)C(C3C=C(F)C(C(F)(F)OC4C=C(F)C(F)C(F)C4)C3F)=C(F)C2)CC1. The highest BCUT2D eigenvalue weighted by Crippen LogP contribution is 2.51. The van der Waals surface area contributed by atoms with E-state index in [4.69, 9.17) is 0 Å². The van der Waals surface area contributed by atoms with Gasteiger partial charge in [0.2, 0.25) is 0 Å². The number of halogens is 10. The van der Waals surface area contributed by atoms with E-state index in [0.29, 0.717) is 18.9 Å². The second-order valence-electron chi connectivity index (χ2n) is 9.84. The molecule has 11 heteroatoms. The Hall–Kier alpha value is -2.04. The minimum Gasteiger partial charge on any atom is -0.312 e. The molecule has 4 rings (SSSR count). The highest BCUT2D eigenvalue weighted by atomic mass is 19.3. The molecule has 9 atom stereocenters. The Morgan fingerprint density at radius 1 is 0.861 bits per heavy atom. The van der Waals surface area contributed by atoms with Crippen LogP contribution in [0.15, 0.2) is 59.0 Å². The molecule has 0 radical (unpaired) electrons. The van der Waals surface area contributed by atoms with Gasteiger partial charge < -0.3 is 4.74 Å². The number of alkyl halides is 5. The minimum atomic E-state index is -4.68. The molecule has 0 bridgehead atoms. The lowest BCUT2D eigenvalue weighted by Crippen LogP contribution is -2.42. The second kappa shape index (κ2) is 10.0. The summed E-state index contributed by atoms with van der Waals surface area (Å²) in [7, 11) is 0. The van der Waals surface area contributed by atoms with Crippen molar-refractivity contribution >= 4 is 0 Å². The Kier molecular flexibility index (Phi) is 7.52. The van der Waals surface area contributed by atoms with Gasteiger partial charge in [-0.3, -0.25) is 0 Å². The summed E-state index contributed by atoms with van der Waals surface area (Å²) in [6.07, 6.45) is -12.6. The number of ether oxygens (including phenoxy) is 1. The first-order valence-electron chi connectivity index (χ1n) is 11.7. The minimum absolute atomic E-state index is 0.0379. The van der Waals surface area contributed by atoms with Gasteiger partial charge in [0.15, 0.2) is 6.17 Å². The summed E-state index contributed by atoms with van der Waals surface area (Å²) < 4.78 is 148. The zero-order chi connectivity index (χ0) is 26.5. The quantitative estimate of drug-likeness (QED) is 0.325. The van der Waals surface area contributed by atoms with Gasteiger partial charge in [0.05, 0.1) is 11.9 Å². The van der Waals surface area contributed by atoms with E-state index in [0.717, 1.165) is 6.08 Å². The fourth-order valence-electron chi connectivity index (χ4n) is 5.38. The van der Waals surface area contributed by atoms with Crippen LogP contribution in [0.25, 0.3) is 0 Å². The molecular weight excluding hydrogens is 506 g/mol. The topological polar surface area (TPSA) is 9.23 Å². The van der Waals surface area contributed by atoms with Gasteiger partial charge in [0.1, 0.15) is 41.6 Å². The standard InChI is InChI=1S/C25H24F10O/c1-10-2-3-13(15(26)4-10)11-5-16(27)21(17(28)6-11)14-9-18(29)22(23(14)32)25(34,35)36-12-7-19(30)24(33)20(31)8-12/h4-5,7,9-14,20,22-24H,2-3,6,8H2,1H3. The predicted octanol–water partition coefficient (Wildman–Crippen LogP) is 8.33. The van der Waals surface area contributed by atoms with Crippen LogP contribution in [0.1, 0.15) is 32.6 Å². The molecule has 36 heavy (non-hydrogen) atoms. The van der Waals surface area contributed by atoms with Gasteiger partial charge in [-0.25, -0.2) is 35.1 Å². The van der Waals surface area contributed by atoms with E-state index in [2.05, 4.69) is 4.74 Å². The maximum absolute atomic E-state index is 15.1. The van der Waals surface area contributed by atoms with E-state index in [-0.39, 0.29) is 12.0 Å². The van der Waals surface area contributed by atoms with Gasteiger partial charge in [0, 0.05) is 30.3 Å². The number of hydrogen-bond acceptors (Lipinski definition) is 1. The van der Waals surface area contributed by atoms with Crippen molar-refractivity contribution in [1.82, 2.24) is 0 Å². The Morgan fingerprint density at radius 2 is 1.56 bits per heavy atom. The Labute approximate surface area is 201 Å². The summed E-state index contributed by atoms with van der Waals surface area (Å²) in [6.45, 7) is 1.79. The Balaban J connectivity index is 1.52. The molecular formula is C25H24F10O. The average molecular weight is 530 g/mol. The third-order valence-corrected chi connectivity index (χ3v) is 7.26. The van der Waals surface area contributed by atoms with Crippen molar-refractivity contribution in [2.24, 2.45) is 29.6 Å².